The molecule has 0 radical (unpaired) electrons. The molecule has 0 fully saturated rings. The number of hydrogen-bond acceptors (Lipinski definition) is 2. The van der Waals surface area contributed by atoms with Crippen molar-refractivity contribution in [3.63, 3.8) is 0 Å². The number of fused-ring (bicyclic) bond motifs is 2. The topological polar surface area (TPSA) is 12.5 Å². The fourth-order valence-electron chi connectivity index (χ4n) is 4.19. The summed E-state index contributed by atoms with van der Waals surface area (Å²) in [5, 5.41) is 1.20. The van der Waals surface area contributed by atoms with Gasteiger partial charge < -0.3 is 0 Å². The van der Waals surface area contributed by atoms with Crippen LogP contribution in [0.4, 0.5) is 4.39 Å². The number of hydrogen-bond donors (Lipinski definition) is 0. The van der Waals surface area contributed by atoms with E-state index in [1.165, 1.54) is 22.0 Å². The first-order chi connectivity index (χ1) is 14.0. The molecule has 2 aromatic carbocycles. The van der Waals surface area contributed by atoms with Crippen LogP contribution in [0.25, 0.3) is 0 Å². The number of benzene rings is 2. The predicted octanol–water partition coefficient (Wildman–Crippen LogP) is 6.50. The van der Waals surface area contributed by atoms with Crippen LogP contribution in [0.1, 0.15) is 69.7 Å². The van der Waals surface area contributed by atoms with Crippen molar-refractivity contribution in [1.82, 2.24) is 2.71 Å². The van der Waals surface area contributed by atoms with Crippen molar-refractivity contribution >= 4 is 44.4 Å². The van der Waals surface area contributed by atoms with Gasteiger partial charge in [-0.25, -0.2) is 0 Å². The molecule has 3 rings (SSSR count). The van der Waals surface area contributed by atoms with Crippen LogP contribution in [0.5, 0.6) is 5.75 Å². The van der Waals surface area contributed by atoms with Crippen molar-refractivity contribution in [1.29, 1.82) is 0 Å². The second-order valence-corrected chi connectivity index (χ2v) is 21.1. The summed E-state index contributed by atoms with van der Waals surface area (Å²) < 4.78 is 22.9. The normalized spacial score (nSPS) is 18.0. The van der Waals surface area contributed by atoms with Gasteiger partial charge in [-0.2, -0.15) is 0 Å². The van der Waals surface area contributed by atoms with E-state index in [0.29, 0.717) is 15.1 Å². The van der Waals surface area contributed by atoms with Crippen LogP contribution in [-0.2, 0) is 17.1 Å². The maximum atomic E-state index is 14.1. The van der Waals surface area contributed by atoms with E-state index >= 15 is 0 Å². The van der Waals surface area contributed by atoms with Gasteiger partial charge in [-0.15, -0.1) is 0 Å². The van der Waals surface area contributed by atoms with Gasteiger partial charge in [-0.3, -0.25) is 0 Å². The van der Waals surface area contributed by atoms with E-state index in [1.54, 1.807) is 12.1 Å². The molecule has 0 saturated heterocycles. The van der Waals surface area contributed by atoms with Crippen LogP contribution in [0.2, 0.25) is 0 Å². The number of nitrogens with zero attached hydrogens (tertiary/aromatic N) is 1. The summed E-state index contributed by atoms with van der Waals surface area (Å²) in [6, 6.07) is 9.91. The molecule has 0 spiro atoms. The molecule has 1 unspecified atom stereocenters. The van der Waals surface area contributed by atoms with Crippen LogP contribution < -0.4 is 7.99 Å². The molecular formula is C24H33ClFNOPTl. The Morgan fingerprint density at radius 1 is 1.20 bits per heavy atom. The first kappa shape index (κ1) is 24.4. The van der Waals surface area contributed by atoms with Crippen molar-refractivity contribution in [3.8, 4) is 5.75 Å². The number of aryl methyl sites for hydroxylation is 1. The van der Waals surface area contributed by atoms with Gasteiger partial charge in [0.2, 0.25) is 0 Å². The molecule has 0 aliphatic carbocycles. The Morgan fingerprint density at radius 3 is 2.47 bits per heavy atom. The SMILES string of the molecule is CCC1(CC)Pc2ccc(F)cc2C[N](C)[Tl]([Cl])[O]c2c(C)cc(C(C)(C)C)cc21. The number of halogens is 2. The van der Waals surface area contributed by atoms with Crippen LogP contribution in [-0.4, -0.2) is 32.0 Å². The Morgan fingerprint density at radius 2 is 1.87 bits per heavy atom. The standard InChI is InChI=1S/C24H34FNOP.ClH.Tl/c1-8-24(9-2,28-21-11-10-19(25)13-17(21)15-26-7)20-14-18(23(4,5)6)12-16(3)22(20)27;;/h10-14,27-28H,8-9,15H2,1-7H3;1H;/q-1;;+3/p-2. The van der Waals surface area contributed by atoms with E-state index in [-0.39, 0.29) is 16.4 Å². The van der Waals surface area contributed by atoms with Crippen LogP contribution in [0.3, 0.4) is 0 Å². The Balaban J connectivity index is 2.31. The monoisotopic (exact) mass is 641 g/mol. The average Bonchev–Trinajstić information content (AvgIpc) is 2.68. The molecule has 0 N–H and O–H groups in total. The third-order valence-corrected chi connectivity index (χ3v) is 17.3. The summed E-state index contributed by atoms with van der Waals surface area (Å²) >= 11 is -3.14. The zero-order chi connectivity index (χ0) is 22.3. The fourth-order valence-corrected chi connectivity index (χ4v) is 11.2. The Kier molecular flexibility index (Phi) is 7.59. The molecule has 0 bridgehead atoms. The first-order valence-electron chi connectivity index (χ1n) is 10.7. The summed E-state index contributed by atoms with van der Waals surface area (Å²) in [6.07, 6.45) is 2.00. The Bertz CT molecular complexity index is 926. The molecule has 30 heavy (non-hydrogen) atoms. The quantitative estimate of drug-likeness (QED) is 0.275. The van der Waals surface area contributed by atoms with E-state index in [9.17, 15) is 4.39 Å². The Labute approximate surface area is 196 Å². The van der Waals surface area contributed by atoms with E-state index in [2.05, 4.69) is 56.4 Å². The van der Waals surface area contributed by atoms with Crippen molar-refractivity contribution in [3.05, 3.63) is 58.4 Å². The second kappa shape index (κ2) is 9.33. The maximum absolute atomic E-state index is 14.1. The summed E-state index contributed by atoms with van der Waals surface area (Å²) in [6.45, 7) is 14.1. The Hall–Kier alpha value is -0.228. The van der Waals surface area contributed by atoms with Gasteiger partial charge in [0, 0.05) is 0 Å². The number of rotatable bonds is 2. The van der Waals surface area contributed by atoms with Crippen LogP contribution in [0.15, 0.2) is 30.3 Å². The molecule has 0 aromatic heterocycles. The molecule has 6 heteroatoms. The summed E-state index contributed by atoms with van der Waals surface area (Å²) in [4.78, 5) is 0. The van der Waals surface area contributed by atoms with Crippen molar-refractivity contribution < 1.29 is 7.08 Å². The fraction of sp³-hybridized carbons (Fsp3) is 0.500. The molecule has 1 heterocycles. The zero-order valence-electron chi connectivity index (χ0n) is 19.2. The molecule has 1 aliphatic heterocycles. The van der Waals surface area contributed by atoms with Crippen molar-refractivity contribution in [2.45, 2.75) is 71.5 Å². The second-order valence-electron chi connectivity index (χ2n) is 9.46. The van der Waals surface area contributed by atoms with E-state index in [1.807, 2.05) is 13.1 Å². The molecule has 2 aromatic rings. The van der Waals surface area contributed by atoms with Crippen LogP contribution in [0, 0.1) is 12.7 Å². The minimum absolute atomic E-state index is 0.0473. The van der Waals surface area contributed by atoms with Gasteiger partial charge in [0.15, 0.2) is 0 Å². The van der Waals surface area contributed by atoms with Gasteiger partial charge >= 0.3 is 197 Å². The summed E-state index contributed by atoms with van der Waals surface area (Å²) in [5.41, 5.74) is 4.88. The molecule has 0 amide bonds. The molecule has 2 nitrogen and oxygen atoms in total. The van der Waals surface area contributed by atoms with Crippen molar-refractivity contribution in [2.75, 3.05) is 7.05 Å². The van der Waals surface area contributed by atoms with Gasteiger partial charge in [-0.05, 0) is 0 Å². The molecular weight excluding hydrogens is 608 g/mol. The first-order valence-corrected chi connectivity index (χ1v) is 21.1. The third-order valence-electron chi connectivity index (χ3n) is 6.29. The van der Waals surface area contributed by atoms with Crippen molar-refractivity contribution in [2.24, 2.45) is 0 Å². The molecule has 0 saturated carbocycles. The third kappa shape index (κ3) is 4.89. The predicted molar refractivity (Wildman–Crippen MR) is 130 cm³/mol. The van der Waals surface area contributed by atoms with E-state index < -0.39 is 22.2 Å². The molecule has 1 atom stereocenters. The van der Waals surface area contributed by atoms with E-state index in [0.717, 1.165) is 24.2 Å². The van der Waals surface area contributed by atoms with Crippen LogP contribution >= 0.6 is 16.9 Å². The van der Waals surface area contributed by atoms with Gasteiger partial charge in [0.05, 0.1) is 0 Å². The van der Waals surface area contributed by atoms with Gasteiger partial charge in [-0.1, -0.05) is 0 Å². The minimum atomic E-state index is -3.14. The molecule has 162 valence electrons. The zero-order valence-corrected chi connectivity index (χ0v) is 25.4. The molecule has 1 aliphatic rings. The van der Waals surface area contributed by atoms with Gasteiger partial charge in [0.25, 0.3) is 0 Å². The van der Waals surface area contributed by atoms with E-state index in [4.69, 9.17) is 11.0 Å². The average molecular weight is 641 g/mol. The summed E-state index contributed by atoms with van der Waals surface area (Å²) in [7, 11) is 9.48. The van der Waals surface area contributed by atoms with Gasteiger partial charge in [0.1, 0.15) is 0 Å². The summed E-state index contributed by atoms with van der Waals surface area (Å²) in [5.74, 6) is 0.816.